The van der Waals surface area contributed by atoms with Crippen LogP contribution in [0.2, 0.25) is 0 Å². The Labute approximate surface area is 202 Å². The molecular weight excluding hydrogens is 496 g/mol. The summed E-state index contributed by atoms with van der Waals surface area (Å²) in [6, 6.07) is 6.98. The third-order valence-electron chi connectivity index (χ3n) is 5.96. The maximum Gasteiger partial charge on any atom is 0.416 e. The van der Waals surface area contributed by atoms with E-state index in [-0.39, 0.29) is 25.6 Å². The van der Waals surface area contributed by atoms with Gasteiger partial charge in [0.1, 0.15) is 0 Å². The van der Waals surface area contributed by atoms with E-state index in [1.54, 1.807) is 31.2 Å². The predicted molar refractivity (Wildman–Crippen MR) is 116 cm³/mol. The minimum absolute atomic E-state index is 0.0264. The summed E-state index contributed by atoms with van der Waals surface area (Å²) in [5, 5.41) is 0. The second-order valence-corrected chi connectivity index (χ2v) is 7.95. The van der Waals surface area contributed by atoms with Crippen molar-refractivity contribution in [3.8, 4) is 0 Å². The van der Waals surface area contributed by atoms with Crippen LogP contribution < -0.4 is 4.90 Å². The van der Waals surface area contributed by atoms with Crippen molar-refractivity contribution in [2.24, 2.45) is 0 Å². The Kier molecular flexibility index (Phi) is 7.70. The fourth-order valence-electron chi connectivity index (χ4n) is 4.35. The van der Waals surface area contributed by atoms with Gasteiger partial charge in [-0.15, -0.1) is 0 Å². The van der Waals surface area contributed by atoms with E-state index in [4.69, 9.17) is 14.2 Å². The molecule has 2 aromatic carbocycles. The number of methoxy groups -OCH3 is 2. The molecule has 1 unspecified atom stereocenters. The van der Waals surface area contributed by atoms with Crippen LogP contribution in [-0.4, -0.2) is 45.0 Å². The summed E-state index contributed by atoms with van der Waals surface area (Å²) in [6.07, 6.45) is -10.9. The third kappa shape index (κ3) is 5.05. The Balaban J connectivity index is 2.16. The first-order chi connectivity index (χ1) is 16.8. The Bertz CT molecular complexity index is 1090. The van der Waals surface area contributed by atoms with Crippen molar-refractivity contribution >= 4 is 17.6 Å². The van der Waals surface area contributed by atoms with Gasteiger partial charge in [-0.25, -0.2) is 4.79 Å². The number of para-hydroxylation sites is 1. The quantitative estimate of drug-likeness (QED) is 0.264. The highest BCUT2D eigenvalue weighted by atomic mass is 19.4. The van der Waals surface area contributed by atoms with Gasteiger partial charge in [-0.3, -0.25) is 9.69 Å². The van der Waals surface area contributed by atoms with Crippen LogP contribution in [0, 0.1) is 0 Å². The van der Waals surface area contributed by atoms with Crippen molar-refractivity contribution < 1.29 is 50.1 Å². The van der Waals surface area contributed by atoms with Gasteiger partial charge in [0.15, 0.2) is 0 Å². The Hall–Kier alpha value is -3.12. The lowest BCUT2D eigenvalue weighted by molar-refractivity contribution is -0.185. The maximum absolute atomic E-state index is 13.6. The summed E-state index contributed by atoms with van der Waals surface area (Å²) < 4.78 is 96.3. The van der Waals surface area contributed by atoms with Crippen molar-refractivity contribution in [3.05, 3.63) is 64.7 Å². The molecule has 0 radical (unpaired) electrons. The topological polar surface area (TPSA) is 65.1 Å². The largest absolute Gasteiger partial charge is 0.449 e. The van der Waals surface area contributed by atoms with Crippen LogP contribution in [0.5, 0.6) is 0 Å². The molecule has 1 heterocycles. The van der Waals surface area contributed by atoms with Crippen LogP contribution >= 0.6 is 0 Å². The van der Waals surface area contributed by atoms with Gasteiger partial charge in [-0.1, -0.05) is 18.2 Å². The van der Waals surface area contributed by atoms with E-state index in [1.807, 2.05) is 0 Å². The van der Waals surface area contributed by atoms with Gasteiger partial charge >= 0.3 is 18.4 Å². The summed E-state index contributed by atoms with van der Waals surface area (Å²) >= 11 is 0. The molecule has 1 aliphatic rings. The molecule has 0 bridgehead atoms. The van der Waals surface area contributed by atoms with E-state index in [1.165, 1.54) is 4.90 Å². The van der Waals surface area contributed by atoms with E-state index in [2.05, 4.69) is 0 Å². The molecule has 12 heteroatoms. The molecule has 0 N–H and O–H groups in total. The van der Waals surface area contributed by atoms with Crippen LogP contribution in [0.1, 0.15) is 46.3 Å². The summed E-state index contributed by atoms with van der Waals surface area (Å²) in [4.78, 5) is 27.4. The highest BCUT2D eigenvalue weighted by molar-refractivity contribution is 6.03. The summed E-state index contributed by atoms with van der Waals surface area (Å²) in [5.41, 5.74) is -3.44. The number of hydrogen-bond donors (Lipinski definition) is 0. The maximum atomic E-state index is 13.6. The number of rotatable bonds is 6. The van der Waals surface area contributed by atoms with Crippen LogP contribution in [0.4, 0.5) is 36.8 Å². The standard InChI is InChI=1S/C24H23F6NO5/c1-4-36-21(33)31-10-9-18(17-7-5-6-8-19(17)31)22(34-2,35-3)20(32)14-11-15(23(25,26)27)13-16(12-14)24(28,29)30/h5-8,11-13,18H,4,9-10H2,1-3H3. The molecule has 0 aliphatic carbocycles. The first kappa shape index (κ1) is 27.5. The van der Waals surface area contributed by atoms with Crippen molar-refractivity contribution in [1.82, 2.24) is 0 Å². The fourth-order valence-corrected chi connectivity index (χ4v) is 4.35. The van der Waals surface area contributed by atoms with Crippen molar-refractivity contribution in [1.29, 1.82) is 0 Å². The van der Waals surface area contributed by atoms with E-state index in [9.17, 15) is 35.9 Å². The number of ketones is 1. The van der Waals surface area contributed by atoms with Crippen molar-refractivity contribution in [2.75, 3.05) is 32.3 Å². The monoisotopic (exact) mass is 519 g/mol. The Morgan fingerprint density at radius 1 is 0.944 bits per heavy atom. The average molecular weight is 519 g/mol. The molecule has 0 saturated heterocycles. The second kappa shape index (κ2) is 10.1. The predicted octanol–water partition coefficient (Wildman–Crippen LogP) is 6.05. The fraction of sp³-hybridized carbons (Fsp3) is 0.417. The van der Waals surface area contributed by atoms with Gasteiger partial charge in [0.05, 0.1) is 23.4 Å². The molecule has 0 spiro atoms. The molecular formula is C24H23F6NO5. The number of carbonyl (C=O) groups excluding carboxylic acids is 2. The number of Topliss-reactive ketones (excluding diaryl/α,β-unsaturated/α-hetero) is 1. The number of alkyl halides is 6. The molecule has 2 aromatic rings. The number of amides is 1. The minimum atomic E-state index is -5.14. The number of benzene rings is 2. The molecule has 6 nitrogen and oxygen atoms in total. The third-order valence-corrected chi connectivity index (χ3v) is 5.96. The zero-order valence-electron chi connectivity index (χ0n) is 19.5. The number of ether oxygens (including phenoxy) is 3. The van der Waals surface area contributed by atoms with E-state index < -0.39 is 52.6 Å². The molecule has 1 aliphatic heterocycles. The van der Waals surface area contributed by atoms with Crippen LogP contribution in [0.3, 0.4) is 0 Å². The molecule has 1 amide bonds. The van der Waals surface area contributed by atoms with Crippen LogP contribution in [0.15, 0.2) is 42.5 Å². The number of nitrogens with zero attached hydrogens (tertiary/aromatic N) is 1. The zero-order valence-corrected chi connectivity index (χ0v) is 19.5. The summed E-state index contributed by atoms with van der Waals surface area (Å²) in [6.45, 7) is 1.76. The first-order valence-electron chi connectivity index (χ1n) is 10.8. The zero-order chi connectivity index (χ0) is 26.9. The molecule has 0 aromatic heterocycles. The first-order valence-corrected chi connectivity index (χ1v) is 10.8. The van der Waals surface area contributed by atoms with Crippen molar-refractivity contribution in [3.63, 3.8) is 0 Å². The van der Waals surface area contributed by atoms with E-state index >= 15 is 0 Å². The number of anilines is 1. The molecule has 0 fully saturated rings. The lowest BCUT2D eigenvalue weighted by Crippen LogP contribution is -2.51. The van der Waals surface area contributed by atoms with Gasteiger partial charge in [0.2, 0.25) is 11.6 Å². The highest BCUT2D eigenvalue weighted by Crippen LogP contribution is 2.46. The SMILES string of the molecule is CCOC(=O)N1CCC(C(OC)(OC)C(=O)c2cc(C(F)(F)F)cc(C(F)(F)F)c2)c2ccccc21. The number of halogens is 6. The number of carbonyl (C=O) groups is 2. The Morgan fingerprint density at radius 2 is 1.50 bits per heavy atom. The van der Waals surface area contributed by atoms with Gasteiger partial charge in [0.25, 0.3) is 0 Å². The van der Waals surface area contributed by atoms with Crippen LogP contribution in [-0.2, 0) is 26.6 Å². The summed E-state index contributed by atoms with van der Waals surface area (Å²) in [5.74, 6) is -4.50. The van der Waals surface area contributed by atoms with Gasteiger partial charge in [0, 0.05) is 32.2 Å². The average Bonchev–Trinajstić information content (AvgIpc) is 2.83. The van der Waals surface area contributed by atoms with E-state index in [0.29, 0.717) is 23.4 Å². The van der Waals surface area contributed by atoms with Gasteiger partial charge < -0.3 is 14.2 Å². The molecule has 36 heavy (non-hydrogen) atoms. The second-order valence-electron chi connectivity index (χ2n) is 7.95. The highest BCUT2D eigenvalue weighted by Gasteiger charge is 2.51. The van der Waals surface area contributed by atoms with Crippen molar-refractivity contribution in [2.45, 2.75) is 37.4 Å². The minimum Gasteiger partial charge on any atom is -0.449 e. The normalized spacial score (nSPS) is 16.5. The lowest BCUT2D eigenvalue weighted by Gasteiger charge is -2.42. The van der Waals surface area contributed by atoms with E-state index in [0.717, 1.165) is 14.2 Å². The number of hydrogen-bond acceptors (Lipinski definition) is 5. The molecule has 0 saturated carbocycles. The summed E-state index contributed by atoms with van der Waals surface area (Å²) in [7, 11) is 2.14. The Morgan fingerprint density at radius 3 is 2.00 bits per heavy atom. The van der Waals surface area contributed by atoms with Gasteiger partial charge in [-0.2, -0.15) is 26.3 Å². The molecule has 196 valence electrons. The van der Waals surface area contributed by atoms with Crippen LogP contribution in [0.25, 0.3) is 0 Å². The number of fused-ring (bicyclic) bond motifs is 1. The molecule has 3 rings (SSSR count). The van der Waals surface area contributed by atoms with Gasteiger partial charge in [-0.05, 0) is 43.2 Å². The molecule has 1 atom stereocenters. The lowest BCUT2D eigenvalue weighted by atomic mass is 9.79. The smallest absolute Gasteiger partial charge is 0.416 e.